The van der Waals surface area contributed by atoms with E-state index in [1.165, 1.54) is 5.56 Å². The van der Waals surface area contributed by atoms with Crippen LogP contribution < -0.4 is 5.32 Å². The Kier molecular flexibility index (Phi) is 4.73. The number of para-hydroxylation sites is 1. The van der Waals surface area contributed by atoms with Crippen LogP contribution in [0.3, 0.4) is 0 Å². The molecule has 1 amide bonds. The summed E-state index contributed by atoms with van der Waals surface area (Å²) in [5, 5.41) is 4.05. The van der Waals surface area contributed by atoms with E-state index in [1.54, 1.807) is 0 Å². The summed E-state index contributed by atoms with van der Waals surface area (Å²) >= 11 is 0. The molecule has 134 valence electrons. The number of morpholine rings is 1. The van der Waals surface area contributed by atoms with E-state index in [0.717, 1.165) is 55.0 Å². The molecular formula is C21H23N3O2. The molecule has 0 saturated carbocycles. The highest BCUT2D eigenvalue weighted by Gasteiger charge is 2.13. The van der Waals surface area contributed by atoms with Crippen molar-refractivity contribution in [2.24, 2.45) is 0 Å². The van der Waals surface area contributed by atoms with Gasteiger partial charge in [0.25, 0.3) is 5.91 Å². The minimum absolute atomic E-state index is 0.121. The average molecular weight is 349 g/mol. The van der Waals surface area contributed by atoms with Gasteiger partial charge in [0.15, 0.2) is 0 Å². The van der Waals surface area contributed by atoms with Crippen LogP contribution in [-0.4, -0.2) is 42.1 Å². The monoisotopic (exact) mass is 349 g/mol. The van der Waals surface area contributed by atoms with Crippen LogP contribution >= 0.6 is 0 Å². The fourth-order valence-electron chi connectivity index (χ4n) is 3.39. The molecule has 1 aromatic heterocycles. The molecule has 0 aliphatic carbocycles. The van der Waals surface area contributed by atoms with Crippen molar-refractivity contribution in [2.45, 2.75) is 13.5 Å². The zero-order chi connectivity index (χ0) is 17.9. The number of nitrogens with one attached hydrogen (secondary N) is 2. The quantitative estimate of drug-likeness (QED) is 0.757. The van der Waals surface area contributed by atoms with E-state index in [9.17, 15) is 4.79 Å². The first-order valence-electron chi connectivity index (χ1n) is 8.98. The first kappa shape index (κ1) is 16.8. The number of carbonyl (C=O) groups excluding carboxylic acids is 1. The minimum atomic E-state index is -0.121. The second kappa shape index (κ2) is 7.32. The van der Waals surface area contributed by atoms with Crippen LogP contribution in [-0.2, 0) is 11.3 Å². The minimum Gasteiger partial charge on any atom is -0.379 e. The molecule has 2 aromatic carbocycles. The van der Waals surface area contributed by atoms with Crippen LogP contribution in [0.1, 0.15) is 21.6 Å². The molecule has 1 aliphatic rings. The number of nitrogens with zero attached hydrogens (tertiary/aromatic N) is 1. The first-order valence-corrected chi connectivity index (χ1v) is 8.98. The van der Waals surface area contributed by atoms with Crippen molar-refractivity contribution in [2.75, 3.05) is 31.6 Å². The Morgan fingerprint density at radius 2 is 1.96 bits per heavy atom. The molecule has 0 bridgehead atoms. The Morgan fingerprint density at radius 1 is 1.15 bits per heavy atom. The number of carbonyl (C=O) groups is 1. The Labute approximate surface area is 153 Å². The van der Waals surface area contributed by atoms with Crippen LogP contribution in [0.4, 0.5) is 5.69 Å². The average Bonchev–Trinajstić information content (AvgIpc) is 3.09. The highest BCUT2D eigenvalue weighted by molar-refractivity contribution is 6.06. The highest BCUT2D eigenvalue weighted by Crippen LogP contribution is 2.20. The van der Waals surface area contributed by atoms with Gasteiger partial charge in [0.2, 0.25) is 0 Å². The zero-order valence-electron chi connectivity index (χ0n) is 14.9. The lowest BCUT2D eigenvalue weighted by atomic mass is 10.1. The Balaban J connectivity index is 1.48. The van der Waals surface area contributed by atoms with Crippen LogP contribution in [0.5, 0.6) is 0 Å². The molecule has 0 unspecified atom stereocenters. The molecule has 1 aliphatic heterocycles. The van der Waals surface area contributed by atoms with Crippen LogP contribution in [0, 0.1) is 6.92 Å². The van der Waals surface area contributed by atoms with E-state index in [-0.39, 0.29) is 5.91 Å². The fraction of sp³-hybridized carbons (Fsp3) is 0.286. The van der Waals surface area contributed by atoms with Gasteiger partial charge in [-0.25, -0.2) is 0 Å². The lowest BCUT2D eigenvalue weighted by Crippen LogP contribution is -2.35. The van der Waals surface area contributed by atoms with Gasteiger partial charge in [-0.05, 0) is 36.2 Å². The summed E-state index contributed by atoms with van der Waals surface area (Å²) < 4.78 is 5.39. The summed E-state index contributed by atoms with van der Waals surface area (Å²) in [6, 6.07) is 16.0. The molecular weight excluding hydrogens is 326 g/mol. The smallest absolute Gasteiger partial charge is 0.272 e. The third-order valence-corrected chi connectivity index (χ3v) is 4.80. The molecule has 0 spiro atoms. The van der Waals surface area contributed by atoms with Gasteiger partial charge in [0.05, 0.1) is 13.2 Å². The van der Waals surface area contributed by atoms with E-state index in [4.69, 9.17) is 4.74 Å². The summed E-state index contributed by atoms with van der Waals surface area (Å²) in [6.45, 7) is 6.39. The molecule has 0 atom stereocenters. The molecule has 1 saturated heterocycles. The summed E-state index contributed by atoms with van der Waals surface area (Å²) in [5.74, 6) is -0.121. The van der Waals surface area contributed by atoms with Gasteiger partial charge in [0, 0.05) is 36.2 Å². The number of aromatic amines is 1. The van der Waals surface area contributed by atoms with Gasteiger partial charge in [-0.3, -0.25) is 9.69 Å². The number of fused-ring (bicyclic) bond motifs is 1. The summed E-state index contributed by atoms with van der Waals surface area (Å²) in [7, 11) is 0. The van der Waals surface area contributed by atoms with E-state index in [0.29, 0.717) is 5.69 Å². The normalized spacial score (nSPS) is 15.3. The second-order valence-corrected chi connectivity index (χ2v) is 6.77. The van der Waals surface area contributed by atoms with Crippen molar-refractivity contribution >= 4 is 22.5 Å². The van der Waals surface area contributed by atoms with E-state index in [1.807, 2.05) is 49.4 Å². The highest BCUT2D eigenvalue weighted by atomic mass is 16.5. The third-order valence-electron chi connectivity index (χ3n) is 4.80. The summed E-state index contributed by atoms with van der Waals surface area (Å²) in [5.41, 5.74) is 4.73. The number of ether oxygens (including phenoxy) is 1. The van der Waals surface area contributed by atoms with E-state index >= 15 is 0 Å². The topological polar surface area (TPSA) is 57.4 Å². The Bertz CT molecular complexity index is 926. The van der Waals surface area contributed by atoms with Gasteiger partial charge in [0.1, 0.15) is 5.69 Å². The maximum Gasteiger partial charge on any atom is 0.272 e. The van der Waals surface area contributed by atoms with Gasteiger partial charge in [-0.15, -0.1) is 0 Å². The predicted molar refractivity (Wildman–Crippen MR) is 104 cm³/mol. The maximum atomic E-state index is 12.6. The second-order valence-electron chi connectivity index (χ2n) is 6.77. The van der Waals surface area contributed by atoms with Crippen molar-refractivity contribution in [1.29, 1.82) is 0 Å². The number of rotatable bonds is 4. The summed E-state index contributed by atoms with van der Waals surface area (Å²) in [4.78, 5) is 18.2. The number of aromatic nitrogens is 1. The maximum absolute atomic E-state index is 12.6. The molecule has 2 N–H and O–H groups in total. The van der Waals surface area contributed by atoms with E-state index in [2.05, 4.69) is 21.3 Å². The van der Waals surface area contributed by atoms with Crippen LogP contribution in [0.2, 0.25) is 0 Å². The molecule has 0 radical (unpaired) electrons. The molecule has 5 nitrogen and oxygen atoms in total. The molecule has 1 fully saturated rings. The molecule has 26 heavy (non-hydrogen) atoms. The number of hydrogen-bond donors (Lipinski definition) is 2. The Hall–Kier alpha value is -2.63. The molecule has 3 aromatic rings. The zero-order valence-corrected chi connectivity index (χ0v) is 14.9. The van der Waals surface area contributed by atoms with Crippen molar-refractivity contribution in [1.82, 2.24) is 9.88 Å². The number of benzene rings is 2. The van der Waals surface area contributed by atoms with Gasteiger partial charge < -0.3 is 15.0 Å². The van der Waals surface area contributed by atoms with Crippen molar-refractivity contribution in [3.8, 4) is 0 Å². The lowest BCUT2D eigenvalue weighted by molar-refractivity contribution is 0.0342. The van der Waals surface area contributed by atoms with Crippen molar-refractivity contribution in [3.05, 3.63) is 65.4 Å². The summed E-state index contributed by atoms with van der Waals surface area (Å²) in [6.07, 6.45) is 0. The van der Waals surface area contributed by atoms with Crippen LogP contribution in [0.25, 0.3) is 10.9 Å². The van der Waals surface area contributed by atoms with Crippen molar-refractivity contribution < 1.29 is 9.53 Å². The van der Waals surface area contributed by atoms with Crippen molar-refractivity contribution in [3.63, 3.8) is 0 Å². The van der Waals surface area contributed by atoms with Gasteiger partial charge in [-0.2, -0.15) is 0 Å². The predicted octanol–water partition coefficient (Wildman–Crippen LogP) is 3.56. The third kappa shape index (κ3) is 3.64. The van der Waals surface area contributed by atoms with E-state index < -0.39 is 0 Å². The molecule has 2 heterocycles. The standard InChI is InChI=1S/C21H23N3O2/c1-15-4-2-6-17-13-19(23-20(15)17)21(25)22-18-7-3-5-16(12-18)14-24-8-10-26-11-9-24/h2-7,12-13,23H,8-11,14H2,1H3,(H,22,25). The molecule has 4 rings (SSSR count). The number of amides is 1. The van der Waals surface area contributed by atoms with Gasteiger partial charge in [-0.1, -0.05) is 30.3 Å². The number of aryl methyl sites for hydroxylation is 1. The lowest BCUT2D eigenvalue weighted by Gasteiger charge is -2.26. The number of H-pyrrole nitrogens is 1. The Morgan fingerprint density at radius 3 is 2.77 bits per heavy atom. The number of anilines is 1. The van der Waals surface area contributed by atoms with Crippen LogP contribution in [0.15, 0.2) is 48.5 Å². The van der Waals surface area contributed by atoms with Gasteiger partial charge >= 0.3 is 0 Å². The molecule has 5 heteroatoms. The fourth-order valence-corrected chi connectivity index (χ4v) is 3.39. The largest absolute Gasteiger partial charge is 0.379 e. The SMILES string of the molecule is Cc1cccc2cc(C(=O)Nc3cccc(CN4CCOCC4)c3)[nH]c12. The number of hydrogen-bond acceptors (Lipinski definition) is 3. The first-order chi connectivity index (χ1) is 12.7.